The maximum absolute atomic E-state index is 12.7. The average Bonchev–Trinajstić information content (AvgIpc) is 3.14. The zero-order valence-corrected chi connectivity index (χ0v) is 19.5. The fraction of sp³-hybridized carbons (Fsp3) is 0.444. The minimum atomic E-state index is -0.838. The van der Waals surface area contributed by atoms with Crippen molar-refractivity contribution in [2.75, 3.05) is 32.9 Å². The second-order valence-electron chi connectivity index (χ2n) is 9.67. The van der Waals surface area contributed by atoms with Crippen LogP contribution in [-0.2, 0) is 19.1 Å². The molecule has 0 spiro atoms. The van der Waals surface area contributed by atoms with Crippen molar-refractivity contribution >= 4 is 18.0 Å². The fourth-order valence-electron chi connectivity index (χ4n) is 5.48. The molecule has 2 saturated heterocycles. The van der Waals surface area contributed by atoms with E-state index in [4.69, 9.17) is 14.6 Å². The molecule has 1 aliphatic carbocycles. The zero-order chi connectivity index (χ0) is 24.4. The number of carboxylic acid groups (broad SMARTS) is 1. The minimum absolute atomic E-state index is 0.00891. The highest BCUT2D eigenvalue weighted by Crippen LogP contribution is 2.44. The Bertz CT molecular complexity index is 1070. The van der Waals surface area contributed by atoms with E-state index < -0.39 is 12.1 Å². The first kappa shape index (κ1) is 23.4. The molecule has 0 saturated carbocycles. The van der Waals surface area contributed by atoms with E-state index in [1.807, 2.05) is 24.3 Å². The lowest BCUT2D eigenvalue weighted by Gasteiger charge is -2.40. The number of hydrogen-bond donors (Lipinski definition) is 2. The summed E-state index contributed by atoms with van der Waals surface area (Å²) in [5.41, 5.74) is 4.67. The molecule has 2 amide bonds. The molecule has 5 rings (SSSR count). The van der Waals surface area contributed by atoms with E-state index in [0.717, 1.165) is 11.1 Å². The van der Waals surface area contributed by atoms with Crippen molar-refractivity contribution in [1.82, 2.24) is 10.2 Å². The van der Waals surface area contributed by atoms with Crippen LogP contribution in [0.25, 0.3) is 11.1 Å². The van der Waals surface area contributed by atoms with Gasteiger partial charge in [0.25, 0.3) is 0 Å². The molecule has 2 aliphatic heterocycles. The van der Waals surface area contributed by atoms with Gasteiger partial charge in [-0.2, -0.15) is 0 Å². The second kappa shape index (κ2) is 10.1. The summed E-state index contributed by atoms with van der Waals surface area (Å²) in [6.07, 6.45) is 0.474. The molecule has 8 heteroatoms. The van der Waals surface area contributed by atoms with E-state index >= 15 is 0 Å². The minimum Gasteiger partial charge on any atom is -0.481 e. The first-order valence-electron chi connectivity index (χ1n) is 12.2. The third kappa shape index (κ3) is 5.03. The number of alkyl carbamates (subject to hydrolysis) is 1. The Hall–Kier alpha value is -3.39. The lowest BCUT2D eigenvalue weighted by Crippen LogP contribution is -2.53. The molecule has 0 bridgehead atoms. The van der Waals surface area contributed by atoms with Gasteiger partial charge < -0.3 is 24.8 Å². The van der Waals surface area contributed by atoms with Gasteiger partial charge in [-0.25, -0.2) is 4.79 Å². The zero-order valence-electron chi connectivity index (χ0n) is 19.5. The van der Waals surface area contributed by atoms with E-state index in [1.54, 1.807) is 4.90 Å². The van der Waals surface area contributed by atoms with Crippen LogP contribution < -0.4 is 5.32 Å². The number of carbonyl (C=O) groups is 3. The van der Waals surface area contributed by atoms with Crippen molar-refractivity contribution in [2.24, 2.45) is 11.8 Å². The van der Waals surface area contributed by atoms with Gasteiger partial charge in [-0.3, -0.25) is 9.59 Å². The van der Waals surface area contributed by atoms with Crippen LogP contribution in [0.3, 0.4) is 0 Å². The molecule has 2 fully saturated rings. The molecule has 35 heavy (non-hydrogen) atoms. The predicted molar refractivity (Wildman–Crippen MR) is 128 cm³/mol. The van der Waals surface area contributed by atoms with Gasteiger partial charge in [0.2, 0.25) is 5.91 Å². The van der Waals surface area contributed by atoms with Crippen LogP contribution in [0.15, 0.2) is 48.5 Å². The molecule has 184 valence electrons. The second-order valence-corrected chi connectivity index (χ2v) is 9.67. The number of carboxylic acids is 1. The summed E-state index contributed by atoms with van der Waals surface area (Å²) in [4.78, 5) is 37.9. The number of aliphatic carboxylic acids is 1. The predicted octanol–water partition coefficient (Wildman–Crippen LogP) is 3.25. The maximum atomic E-state index is 12.7. The van der Waals surface area contributed by atoms with Gasteiger partial charge in [-0.15, -0.1) is 0 Å². The van der Waals surface area contributed by atoms with E-state index in [9.17, 15) is 14.4 Å². The molecule has 2 atom stereocenters. The Morgan fingerprint density at radius 2 is 1.66 bits per heavy atom. The van der Waals surface area contributed by atoms with Gasteiger partial charge >= 0.3 is 12.1 Å². The largest absolute Gasteiger partial charge is 0.481 e. The molecular weight excluding hydrogens is 448 g/mol. The number of benzene rings is 2. The maximum Gasteiger partial charge on any atom is 0.407 e. The van der Waals surface area contributed by atoms with E-state index in [2.05, 4.69) is 29.6 Å². The van der Waals surface area contributed by atoms with E-state index in [1.165, 1.54) is 11.1 Å². The molecule has 2 heterocycles. The van der Waals surface area contributed by atoms with Crippen molar-refractivity contribution in [1.29, 1.82) is 0 Å². The van der Waals surface area contributed by atoms with Crippen LogP contribution in [0.2, 0.25) is 0 Å². The van der Waals surface area contributed by atoms with Crippen LogP contribution in [0, 0.1) is 11.8 Å². The van der Waals surface area contributed by atoms with Gasteiger partial charge in [-0.05, 0) is 28.7 Å². The van der Waals surface area contributed by atoms with Gasteiger partial charge in [0.15, 0.2) is 0 Å². The Morgan fingerprint density at radius 3 is 2.31 bits per heavy atom. The van der Waals surface area contributed by atoms with Crippen molar-refractivity contribution < 1.29 is 29.0 Å². The fourth-order valence-corrected chi connectivity index (χ4v) is 5.48. The smallest absolute Gasteiger partial charge is 0.407 e. The Labute approximate surface area is 204 Å². The number of ether oxygens (including phenoxy) is 2. The summed E-state index contributed by atoms with van der Waals surface area (Å²) in [6.45, 7) is 2.10. The SMILES string of the molecule is O=C(O)CC1CN(C(=O)CC2COCCC2NC(=O)OCC2c3ccccc3-c3ccccc32)C1. The third-order valence-electron chi connectivity index (χ3n) is 7.33. The first-order valence-corrected chi connectivity index (χ1v) is 12.2. The quantitative estimate of drug-likeness (QED) is 0.633. The van der Waals surface area contributed by atoms with Gasteiger partial charge in [0, 0.05) is 49.9 Å². The highest BCUT2D eigenvalue weighted by atomic mass is 16.5. The average molecular weight is 479 g/mol. The first-order chi connectivity index (χ1) is 17.0. The van der Waals surface area contributed by atoms with Gasteiger partial charge in [0.05, 0.1) is 13.0 Å². The van der Waals surface area contributed by atoms with Gasteiger partial charge in [-0.1, -0.05) is 48.5 Å². The molecule has 2 aromatic carbocycles. The molecule has 0 aromatic heterocycles. The van der Waals surface area contributed by atoms with Crippen LogP contribution in [0.1, 0.15) is 36.3 Å². The molecule has 2 unspecified atom stereocenters. The van der Waals surface area contributed by atoms with E-state index in [-0.39, 0.29) is 49.2 Å². The number of nitrogens with one attached hydrogen (secondary N) is 1. The van der Waals surface area contributed by atoms with Crippen molar-refractivity contribution in [3.8, 4) is 11.1 Å². The molecule has 8 nitrogen and oxygen atoms in total. The highest BCUT2D eigenvalue weighted by Gasteiger charge is 2.36. The van der Waals surface area contributed by atoms with Crippen molar-refractivity contribution in [3.05, 3.63) is 59.7 Å². The number of amides is 2. The number of carbonyl (C=O) groups excluding carboxylic acids is 2. The molecular formula is C27H30N2O6. The third-order valence-corrected chi connectivity index (χ3v) is 7.33. The molecule has 2 aromatic rings. The summed E-state index contributed by atoms with van der Waals surface area (Å²) in [7, 11) is 0. The lowest BCUT2D eigenvalue weighted by atomic mass is 9.90. The Balaban J connectivity index is 1.15. The summed E-state index contributed by atoms with van der Waals surface area (Å²) in [5.74, 6) is -0.994. The van der Waals surface area contributed by atoms with Crippen molar-refractivity contribution in [2.45, 2.75) is 31.2 Å². The lowest BCUT2D eigenvalue weighted by molar-refractivity contribution is -0.146. The number of likely N-dealkylation sites (tertiary alicyclic amines) is 1. The van der Waals surface area contributed by atoms with Crippen LogP contribution in [-0.4, -0.2) is 66.9 Å². The topological polar surface area (TPSA) is 105 Å². The van der Waals surface area contributed by atoms with Crippen LogP contribution >= 0.6 is 0 Å². The highest BCUT2D eigenvalue weighted by molar-refractivity contribution is 5.79. The number of rotatable bonds is 7. The summed E-state index contributed by atoms with van der Waals surface area (Å²) in [6, 6.07) is 16.2. The summed E-state index contributed by atoms with van der Waals surface area (Å²) >= 11 is 0. The molecule has 0 radical (unpaired) electrons. The van der Waals surface area contributed by atoms with Crippen LogP contribution in [0.5, 0.6) is 0 Å². The van der Waals surface area contributed by atoms with E-state index in [0.29, 0.717) is 32.7 Å². The number of nitrogens with zero attached hydrogens (tertiary/aromatic N) is 1. The Morgan fingerprint density at radius 1 is 1.00 bits per heavy atom. The monoisotopic (exact) mass is 478 g/mol. The Kier molecular flexibility index (Phi) is 6.72. The normalized spacial score (nSPS) is 21.5. The summed E-state index contributed by atoms with van der Waals surface area (Å²) < 4.78 is 11.3. The molecule has 2 N–H and O–H groups in total. The number of fused-ring (bicyclic) bond motifs is 3. The molecule has 3 aliphatic rings. The summed E-state index contributed by atoms with van der Waals surface area (Å²) in [5, 5.41) is 11.9. The van der Waals surface area contributed by atoms with Crippen molar-refractivity contribution in [3.63, 3.8) is 0 Å². The van der Waals surface area contributed by atoms with Gasteiger partial charge in [0.1, 0.15) is 6.61 Å². The van der Waals surface area contributed by atoms with Crippen LogP contribution in [0.4, 0.5) is 4.79 Å². The number of hydrogen-bond acceptors (Lipinski definition) is 5. The standard InChI is InChI=1S/C27H30N2O6/c30-25(29-13-17(14-29)11-26(31)32)12-18-15-34-10-9-24(18)28-27(33)35-16-23-21-7-3-1-5-19(21)20-6-2-4-8-22(20)23/h1-8,17-18,23-24H,9-16H2,(H,28,33)(H,31,32).